The zero-order valence-electron chi connectivity index (χ0n) is 15.7. The molecule has 26 heavy (non-hydrogen) atoms. The van der Waals surface area contributed by atoms with Gasteiger partial charge < -0.3 is 10.2 Å². The largest absolute Gasteiger partial charge is 0.334 e. The van der Waals surface area contributed by atoms with Gasteiger partial charge in [0.1, 0.15) is 12.1 Å². The molecule has 1 atom stereocenters. The Morgan fingerprint density at radius 2 is 1.92 bits per heavy atom. The van der Waals surface area contributed by atoms with Crippen LogP contribution in [-0.2, 0) is 16.1 Å². The summed E-state index contributed by atoms with van der Waals surface area (Å²) in [6.07, 6.45) is 2.46. The molecule has 1 aromatic carbocycles. The molecule has 2 aliphatic rings. The van der Waals surface area contributed by atoms with Crippen molar-refractivity contribution in [2.45, 2.75) is 58.2 Å². The second-order valence-corrected chi connectivity index (χ2v) is 7.52. The molecule has 0 aromatic heterocycles. The maximum absolute atomic E-state index is 12.9. The molecule has 1 aliphatic carbocycles. The molecule has 4 amide bonds. The third kappa shape index (κ3) is 3.32. The summed E-state index contributed by atoms with van der Waals surface area (Å²) in [7, 11) is 0. The van der Waals surface area contributed by atoms with Gasteiger partial charge in [0.25, 0.3) is 5.91 Å². The van der Waals surface area contributed by atoms with E-state index in [4.69, 9.17) is 0 Å². The van der Waals surface area contributed by atoms with E-state index in [9.17, 15) is 14.4 Å². The summed E-state index contributed by atoms with van der Waals surface area (Å²) in [5.41, 5.74) is 0.215. The zero-order chi connectivity index (χ0) is 18.9. The summed E-state index contributed by atoms with van der Waals surface area (Å²) in [6.45, 7) is 6.05. The van der Waals surface area contributed by atoms with Crippen LogP contribution in [0.25, 0.3) is 0 Å². The van der Waals surface area contributed by atoms with Crippen molar-refractivity contribution in [1.82, 2.24) is 15.1 Å². The molecule has 1 aromatic rings. The summed E-state index contributed by atoms with van der Waals surface area (Å²) in [5.74, 6) is -0.256. The first-order chi connectivity index (χ1) is 12.4. The van der Waals surface area contributed by atoms with Gasteiger partial charge in [0.05, 0.1) is 0 Å². The molecule has 6 nitrogen and oxygen atoms in total. The highest BCUT2D eigenvalue weighted by Crippen LogP contribution is 2.44. The van der Waals surface area contributed by atoms with Crippen LogP contribution in [0.2, 0.25) is 0 Å². The number of benzene rings is 1. The van der Waals surface area contributed by atoms with Gasteiger partial charge in [-0.1, -0.05) is 37.3 Å². The summed E-state index contributed by atoms with van der Waals surface area (Å²) in [6, 6.07) is 9.25. The fraction of sp³-hybridized carbons (Fsp3) is 0.550. The Morgan fingerprint density at radius 3 is 2.46 bits per heavy atom. The van der Waals surface area contributed by atoms with Crippen molar-refractivity contribution in [1.29, 1.82) is 0 Å². The van der Waals surface area contributed by atoms with E-state index in [-0.39, 0.29) is 30.3 Å². The average molecular weight is 357 g/mol. The fourth-order valence-corrected chi connectivity index (χ4v) is 3.73. The minimum absolute atomic E-state index is 0.0252. The van der Waals surface area contributed by atoms with E-state index in [1.165, 1.54) is 0 Å². The first kappa shape index (κ1) is 18.4. The number of hydrogen-bond acceptors (Lipinski definition) is 3. The predicted octanol–water partition coefficient (Wildman–Crippen LogP) is 2.53. The molecule has 0 spiro atoms. The number of imide groups is 1. The van der Waals surface area contributed by atoms with Crippen molar-refractivity contribution in [3.8, 4) is 0 Å². The smallest absolute Gasteiger partial charge is 0.325 e. The first-order valence-corrected chi connectivity index (χ1v) is 9.36. The van der Waals surface area contributed by atoms with Gasteiger partial charge in [-0.3, -0.25) is 14.5 Å². The Hall–Kier alpha value is -2.37. The van der Waals surface area contributed by atoms with E-state index in [1.807, 2.05) is 51.1 Å². The van der Waals surface area contributed by atoms with E-state index >= 15 is 0 Å². The van der Waals surface area contributed by atoms with Crippen LogP contribution in [0.15, 0.2) is 30.3 Å². The molecule has 3 rings (SSSR count). The van der Waals surface area contributed by atoms with Crippen LogP contribution in [0, 0.1) is 5.92 Å². The number of nitrogens with one attached hydrogen (secondary N) is 1. The third-order valence-corrected chi connectivity index (χ3v) is 5.47. The molecule has 140 valence electrons. The van der Waals surface area contributed by atoms with Crippen LogP contribution in [0.3, 0.4) is 0 Å². The minimum Gasteiger partial charge on any atom is -0.334 e. The molecule has 0 radical (unpaired) electrons. The van der Waals surface area contributed by atoms with Gasteiger partial charge in [-0.25, -0.2) is 4.79 Å². The van der Waals surface area contributed by atoms with Crippen molar-refractivity contribution in [3.63, 3.8) is 0 Å². The van der Waals surface area contributed by atoms with E-state index in [0.29, 0.717) is 13.0 Å². The highest BCUT2D eigenvalue weighted by atomic mass is 16.2. The lowest BCUT2D eigenvalue weighted by molar-refractivity contribution is -0.140. The number of nitrogens with zero attached hydrogens (tertiary/aromatic N) is 2. The van der Waals surface area contributed by atoms with E-state index < -0.39 is 11.6 Å². The van der Waals surface area contributed by atoms with Gasteiger partial charge in [-0.2, -0.15) is 0 Å². The molecular formula is C20H27N3O3. The SMILES string of the molecule is CC[C@]1(C2CC2)NC(=O)N(CC(=O)N(Cc2ccccc2)C(C)C)C1=O. The highest BCUT2D eigenvalue weighted by Gasteiger charge is 2.58. The Balaban J connectivity index is 1.73. The first-order valence-electron chi connectivity index (χ1n) is 9.36. The monoisotopic (exact) mass is 357 g/mol. The van der Waals surface area contributed by atoms with E-state index in [2.05, 4.69) is 5.32 Å². The Kier molecular flexibility index (Phi) is 5.03. The quantitative estimate of drug-likeness (QED) is 0.763. The van der Waals surface area contributed by atoms with Gasteiger partial charge in [-0.15, -0.1) is 0 Å². The standard InChI is InChI=1S/C20H27N3O3/c1-4-20(16-10-11-16)18(25)23(19(26)21-20)13-17(24)22(14(2)3)12-15-8-6-5-7-9-15/h5-9,14,16H,4,10-13H2,1-3H3,(H,21,26)/t20-/m1/s1. The Morgan fingerprint density at radius 1 is 1.27 bits per heavy atom. The second kappa shape index (κ2) is 7.09. The number of carbonyl (C=O) groups is 3. The molecule has 6 heteroatoms. The van der Waals surface area contributed by atoms with Gasteiger partial charge in [-0.05, 0) is 44.6 Å². The molecule has 1 heterocycles. The van der Waals surface area contributed by atoms with Crippen molar-refractivity contribution >= 4 is 17.8 Å². The van der Waals surface area contributed by atoms with Crippen molar-refractivity contribution < 1.29 is 14.4 Å². The van der Waals surface area contributed by atoms with Crippen molar-refractivity contribution in [2.75, 3.05) is 6.54 Å². The average Bonchev–Trinajstić information content (AvgIpc) is 3.44. The number of amides is 4. The summed E-state index contributed by atoms with van der Waals surface area (Å²) in [4.78, 5) is 41.0. The maximum Gasteiger partial charge on any atom is 0.325 e. The molecule has 0 unspecified atom stereocenters. The molecule has 1 aliphatic heterocycles. The van der Waals surface area contributed by atoms with Crippen LogP contribution in [0.1, 0.15) is 45.6 Å². The molecule has 1 N–H and O–H groups in total. The van der Waals surface area contributed by atoms with E-state index in [0.717, 1.165) is 23.3 Å². The van der Waals surface area contributed by atoms with Crippen LogP contribution in [0.4, 0.5) is 4.79 Å². The third-order valence-electron chi connectivity index (χ3n) is 5.47. The summed E-state index contributed by atoms with van der Waals surface area (Å²) in [5, 5.41) is 2.87. The fourth-order valence-electron chi connectivity index (χ4n) is 3.73. The number of rotatable bonds is 7. The number of hydrogen-bond donors (Lipinski definition) is 1. The molecular weight excluding hydrogens is 330 g/mol. The van der Waals surface area contributed by atoms with Crippen LogP contribution in [-0.4, -0.2) is 45.8 Å². The zero-order valence-corrected chi connectivity index (χ0v) is 15.7. The summed E-state index contributed by atoms with van der Waals surface area (Å²) >= 11 is 0. The van der Waals surface area contributed by atoms with Gasteiger partial charge >= 0.3 is 6.03 Å². The molecule has 0 bridgehead atoms. The molecule has 1 saturated heterocycles. The highest BCUT2D eigenvalue weighted by molar-refractivity contribution is 6.09. The molecule has 2 fully saturated rings. The maximum atomic E-state index is 12.9. The Labute approximate surface area is 154 Å². The second-order valence-electron chi connectivity index (χ2n) is 7.52. The summed E-state index contributed by atoms with van der Waals surface area (Å²) < 4.78 is 0. The normalized spacial score (nSPS) is 22.7. The van der Waals surface area contributed by atoms with E-state index in [1.54, 1.807) is 4.90 Å². The minimum atomic E-state index is -0.806. The van der Waals surface area contributed by atoms with Crippen molar-refractivity contribution in [2.24, 2.45) is 5.92 Å². The van der Waals surface area contributed by atoms with Crippen molar-refractivity contribution in [3.05, 3.63) is 35.9 Å². The number of carbonyl (C=O) groups excluding carboxylic acids is 3. The molecule has 1 saturated carbocycles. The van der Waals surface area contributed by atoms with Crippen LogP contribution in [0.5, 0.6) is 0 Å². The Bertz CT molecular complexity index is 700. The van der Waals surface area contributed by atoms with Gasteiger partial charge in [0, 0.05) is 12.6 Å². The van der Waals surface area contributed by atoms with Gasteiger partial charge in [0.15, 0.2) is 0 Å². The predicted molar refractivity (Wildman–Crippen MR) is 98.1 cm³/mol. The topological polar surface area (TPSA) is 69.7 Å². The lowest BCUT2D eigenvalue weighted by Crippen LogP contribution is -2.49. The van der Waals surface area contributed by atoms with Crippen LogP contribution < -0.4 is 5.32 Å². The lowest BCUT2D eigenvalue weighted by atomic mass is 9.90. The van der Waals surface area contributed by atoms with Crippen LogP contribution >= 0.6 is 0 Å². The number of urea groups is 1. The lowest BCUT2D eigenvalue weighted by Gasteiger charge is -2.29. The van der Waals surface area contributed by atoms with Gasteiger partial charge in [0.2, 0.25) is 5.91 Å².